The number of rotatable bonds is 7. The molecule has 0 amide bonds. The second-order valence-electron chi connectivity index (χ2n) is 4.54. The van der Waals surface area contributed by atoms with E-state index in [2.05, 4.69) is 36.3 Å². The van der Waals surface area contributed by atoms with Crippen LogP contribution in [0.4, 0.5) is 0 Å². The van der Waals surface area contributed by atoms with Crippen molar-refractivity contribution in [2.24, 2.45) is 0 Å². The molecule has 0 aliphatic carbocycles. The number of pyridine rings is 1. The molecule has 0 bridgehead atoms. The predicted molar refractivity (Wildman–Crippen MR) is 80.5 cm³/mol. The summed E-state index contributed by atoms with van der Waals surface area (Å²) < 4.78 is 0. The molecule has 0 aliphatic rings. The molecule has 3 nitrogen and oxygen atoms in total. The topological polar surface area (TPSA) is 37.8 Å². The number of hydrogen-bond donors (Lipinski definition) is 1. The number of nitrogens with one attached hydrogen (secondary N) is 1. The highest BCUT2D eigenvalue weighted by Gasteiger charge is 2.10. The van der Waals surface area contributed by atoms with Gasteiger partial charge in [0.1, 0.15) is 0 Å². The van der Waals surface area contributed by atoms with Crippen LogP contribution in [0.5, 0.6) is 0 Å². The SMILES string of the molecule is CCCc1nc(Cc2ccncc2)sc1CNCC. The lowest BCUT2D eigenvalue weighted by molar-refractivity contribution is 0.723. The number of aryl methyl sites for hydroxylation is 1. The van der Waals surface area contributed by atoms with Crippen LogP contribution in [0.2, 0.25) is 0 Å². The van der Waals surface area contributed by atoms with Gasteiger partial charge in [-0.25, -0.2) is 4.98 Å². The van der Waals surface area contributed by atoms with E-state index >= 15 is 0 Å². The maximum absolute atomic E-state index is 4.81. The van der Waals surface area contributed by atoms with Crippen molar-refractivity contribution in [1.82, 2.24) is 15.3 Å². The molecular weight excluding hydrogens is 254 g/mol. The van der Waals surface area contributed by atoms with Gasteiger partial charge in [0, 0.05) is 30.2 Å². The summed E-state index contributed by atoms with van der Waals surface area (Å²) in [6.07, 6.45) is 6.83. The molecular formula is C15H21N3S. The van der Waals surface area contributed by atoms with Gasteiger partial charge in [-0.05, 0) is 30.7 Å². The van der Waals surface area contributed by atoms with E-state index < -0.39 is 0 Å². The van der Waals surface area contributed by atoms with Crippen LogP contribution in [-0.4, -0.2) is 16.5 Å². The average molecular weight is 275 g/mol. The molecule has 2 aromatic rings. The Hall–Kier alpha value is -1.26. The Morgan fingerprint density at radius 1 is 1.21 bits per heavy atom. The lowest BCUT2D eigenvalue weighted by atomic mass is 10.2. The van der Waals surface area contributed by atoms with Crippen LogP contribution in [0.15, 0.2) is 24.5 Å². The van der Waals surface area contributed by atoms with Crippen molar-refractivity contribution in [2.75, 3.05) is 6.54 Å². The molecule has 0 unspecified atom stereocenters. The van der Waals surface area contributed by atoms with Gasteiger partial charge in [0.25, 0.3) is 0 Å². The zero-order valence-electron chi connectivity index (χ0n) is 11.6. The van der Waals surface area contributed by atoms with Gasteiger partial charge in [-0.15, -0.1) is 11.3 Å². The molecule has 2 rings (SSSR count). The van der Waals surface area contributed by atoms with Crippen LogP contribution >= 0.6 is 11.3 Å². The Kier molecular flexibility index (Phi) is 5.48. The summed E-state index contributed by atoms with van der Waals surface area (Å²) in [6.45, 7) is 6.29. The smallest absolute Gasteiger partial charge is 0.0975 e. The Morgan fingerprint density at radius 2 is 2.00 bits per heavy atom. The standard InChI is InChI=1S/C15H21N3S/c1-3-5-13-14(11-16-4-2)19-15(18-13)10-12-6-8-17-9-7-12/h6-9,16H,3-5,10-11H2,1-2H3. The van der Waals surface area contributed by atoms with Crippen molar-refractivity contribution in [1.29, 1.82) is 0 Å². The summed E-state index contributed by atoms with van der Waals surface area (Å²) in [5.41, 5.74) is 2.55. The van der Waals surface area contributed by atoms with Gasteiger partial charge in [-0.3, -0.25) is 4.98 Å². The lowest BCUT2D eigenvalue weighted by Gasteiger charge is -2.00. The fourth-order valence-electron chi connectivity index (χ4n) is 2.00. The molecule has 102 valence electrons. The van der Waals surface area contributed by atoms with Crippen molar-refractivity contribution >= 4 is 11.3 Å². The molecule has 2 heterocycles. The second kappa shape index (κ2) is 7.36. The zero-order chi connectivity index (χ0) is 13.5. The van der Waals surface area contributed by atoms with Gasteiger partial charge in [-0.2, -0.15) is 0 Å². The van der Waals surface area contributed by atoms with E-state index in [-0.39, 0.29) is 0 Å². The van der Waals surface area contributed by atoms with Crippen molar-refractivity contribution in [3.05, 3.63) is 45.7 Å². The van der Waals surface area contributed by atoms with Crippen molar-refractivity contribution in [3.8, 4) is 0 Å². The second-order valence-corrected chi connectivity index (χ2v) is 5.71. The van der Waals surface area contributed by atoms with E-state index in [1.54, 1.807) is 0 Å². The summed E-state index contributed by atoms with van der Waals surface area (Å²) in [5, 5.41) is 4.61. The van der Waals surface area contributed by atoms with Crippen LogP contribution in [-0.2, 0) is 19.4 Å². The number of hydrogen-bond acceptors (Lipinski definition) is 4. The summed E-state index contributed by atoms with van der Waals surface area (Å²) in [6, 6.07) is 4.12. The maximum Gasteiger partial charge on any atom is 0.0975 e. The van der Waals surface area contributed by atoms with E-state index in [1.807, 2.05) is 23.7 Å². The third kappa shape index (κ3) is 4.11. The first-order valence-corrected chi connectivity index (χ1v) is 7.72. The molecule has 0 fully saturated rings. The van der Waals surface area contributed by atoms with Crippen LogP contribution in [0.3, 0.4) is 0 Å². The summed E-state index contributed by atoms with van der Waals surface area (Å²) >= 11 is 1.84. The first-order chi connectivity index (χ1) is 9.33. The van der Waals surface area contributed by atoms with Gasteiger partial charge in [0.15, 0.2) is 0 Å². The Bertz CT molecular complexity index is 493. The number of thiazole rings is 1. The van der Waals surface area contributed by atoms with E-state index in [1.165, 1.54) is 21.1 Å². The van der Waals surface area contributed by atoms with Crippen LogP contribution < -0.4 is 5.32 Å². The van der Waals surface area contributed by atoms with E-state index in [0.29, 0.717) is 0 Å². The summed E-state index contributed by atoms with van der Waals surface area (Å²) in [7, 11) is 0. The highest BCUT2D eigenvalue weighted by molar-refractivity contribution is 7.11. The average Bonchev–Trinajstić information content (AvgIpc) is 2.80. The molecule has 0 saturated carbocycles. The molecule has 0 aromatic carbocycles. The van der Waals surface area contributed by atoms with Gasteiger partial charge < -0.3 is 5.32 Å². The van der Waals surface area contributed by atoms with Gasteiger partial charge in [-0.1, -0.05) is 20.3 Å². The summed E-state index contributed by atoms with van der Waals surface area (Å²) in [5.74, 6) is 0. The number of aromatic nitrogens is 2. The molecule has 2 aromatic heterocycles. The fourth-order valence-corrected chi connectivity index (χ4v) is 3.12. The van der Waals surface area contributed by atoms with Crippen LogP contribution in [0.1, 0.15) is 41.4 Å². The highest BCUT2D eigenvalue weighted by atomic mass is 32.1. The minimum absolute atomic E-state index is 0.913. The van der Waals surface area contributed by atoms with E-state index in [0.717, 1.165) is 32.4 Å². The largest absolute Gasteiger partial charge is 0.312 e. The van der Waals surface area contributed by atoms with Crippen molar-refractivity contribution in [3.63, 3.8) is 0 Å². The minimum Gasteiger partial charge on any atom is -0.312 e. The minimum atomic E-state index is 0.913. The normalized spacial score (nSPS) is 10.8. The quantitative estimate of drug-likeness (QED) is 0.843. The molecule has 19 heavy (non-hydrogen) atoms. The molecule has 0 radical (unpaired) electrons. The van der Waals surface area contributed by atoms with Gasteiger partial charge >= 0.3 is 0 Å². The van der Waals surface area contributed by atoms with Crippen molar-refractivity contribution in [2.45, 2.75) is 39.7 Å². The monoisotopic (exact) mass is 275 g/mol. The molecule has 0 atom stereocenters. The number of nitrogens with zero attached hydrogens (tertiary/aromatic N) is 2. The predicted octanol–water partition coefficient (Wildman–Crippen LogP) is 3.19. The third-order valence-electron chi connectivity index (χ3n) is 2.95. The maximum atomic E-state index is 4.81. The van der Waals surface area contributed by atoms with Gasteiger partial charge in [0.05, 0.1) is 10.7 Å². The first-order valence-electron chi connectivity index (χ1n) is 6.90. The zero-order valence-corrected chi connectivity index (χ0v) is 12.5. The molecule has 0 saturated heterocycles. The molecule has 4 heteroatoms. The lowest BCUT2D eigenvalue weighted by Crippen LogP contribution is -2.11. The Balaban J connectivity index is 2.12. The molecule has 0 spiro atoms. The Morgan fingerprint density at radius 3 is 2.68 bits per heavy atom. The Labute approximate surface area is 119 Å². The van der Waals surface area contributed by atoms with Crippen LogP contribution in [0.25, 0.3) is 0 Å². The first kappa shape index (κ1) is 14.2. The fraction of sp³-hybridized carbons (Fsp3) is 0.467. The van der Waals surface area contributed by atoms with Crippen molar-refractivity contribution < 1.29 is 0 Å². The van der Waals surface area contributed by atoms with E-state index in [9.17, 15) is 0 Å². The van der Waals surface area contributed by atoms with E-state index in [4.69, 9.17) is 4.98 Å². The van der Waals surface area contributed by atoms with Crippen LogP contribution in [0, 0.1) is 0 Å². The summed E-state index contributed by atoms with van der Waals surface area (Å²) in [4.78, 5) is 10.3. The highest BCUT2D eigenvalue weighted by Crippen LogP contribution is 2.22. The molecule has 1 N–H and O–H groups in total. The van der Waals surface area contributed by atoms with Gasteiger partial charge in [0.2, 0.25) is 0 Å². The molecule has 0 aliphatic heterocycles. The third-order valence-corrected chi connectivity index (χ3v) is 4.05.